The van der Waals surface area contributed by atoms with Crippen molar-refractivity contribution in [2.24, 2.45) is 0 Å². The van der Waals surface area contributed by atoms with E-state index in [0.29, 0.717) is 0 Å². The largest absolute Gasteiger partial charge is 0.377 e. The maximum absolute atomic E-state index is 12.5. The molecule has 9 heavy (non-hydrogen) atoms. The van der Waals surface area contributed by atoms with Gasteiger partial charge >= 0.3 is 0 Å². The van der Waals surface area contributed by atoms with Gasteiger partial charge in [-0.1, -0.05) is 0 Å². The quantitative estimate of drug-likeness (QED) is 0.504. The summed E-state index contributed by atoms with van der Waals surface area (Å²) in [4.78, 5) is 0. The van der Waals surface area contributed by atoms with Crippen LogP contribution in [0.4, 0.5) is 8.78 Å². The molecule has 0 aliphatic carbocycles. The van der Waals surface area contributed by atoms with E-state index in [1.807, 2.05) is 0 Å². The highest BCUT2D eigenvalue weighted by Crippen LogP contribution is 2.41. The molecule has 0 unspecified atom stereocenters. The molecule has 2 aliphatic rings. The zero-order chi connectivity index (χ0) is 6.54. The molecule has 2 heterocycles. The Kier molecular flexibility index (Phi) is 0.784. The van der Waals surface area contributed by atoms with E-state index in [1.165, 1.54) is 0 Å². The SMILES string of the molecule is FC1(F)CNC12COC2. The summed E-state index contributed by atoms with van der Waals surface area (Å²) < 4.78 is 29.7. The molecule has 0 atom stereocenters. The van der Waals surface area contributed by atoms with E-state index in [2.05, 4.69) is 10.1 Å². The highest BCUT2D eigenvalue weighted by atomic mass is 19.3. The van der Waals surface area contributed by atoms with E-state index < -0.39 is 11.5 Å². The minimum atomic E-state index is -2.52. The standard InChI is InChI=1S/C5H7F2NO/c6-5(7)1-8-4(5)2-9-3-4/h8H,1-3H2. The summed E-state index contributed by atoms with van der Waals surface area (Å²) in [5.41, 5.74) is -0.965. The molecule has 0 aromatic rings. The van der Waals surface area contributed by atoms with Crippen molar-refractivity contribution in [3.8, 4) is 0 Å². The fourth-order valence-electron chi connectivity index (χ4n) is 1.09. The Morgan fingerprint density at radius 1 is 1.33 bits per heavy atom. The Morgan fingerprint density at radius 3 is 2.00 bits per heavy atom. The van der Waals surface area contributed by atoms with Crippen LogP contribution in [0.3, 0.4) is 0 Å². The minimum Gasteiger partial charge on any atom is -0.377 e. The number of nitrogens with one attached hydrogen (secondary N) is 1. The van der Waals surface area contributed by atoms with Crippen LogP contribution >= 0.6 is 0 Å². The Morgan fingerprint density at radius 2 is 2.00 bits per heavy atom. The molecule has 0 aromatic carbocycles. The zero-order valence-electron chi connectivity index (χ0n) is 4.79. The van der Waals surface area contributed by atoms with E-state index in [0.717, 1.165) is 0 Å². The van der Waals surface area contributed by atoms with Crippen molar-refractivity contribution in [1.82, 2.24) is 5.32 Å². The summed E-state index contributed by atoms with van der Waals surface area (Å²) in [7, 11) is 0. The predicted molar refractivity (Wildman–Crippen MR) is 26.5 cm³/mol. The normalized spacial score (nSPS) is 35.3. The van der Waals surface area contributed by atoms with Crippen LogP contribution in [0, 0.1) is 0 Å². The van der Waals surface area contributed by atoms with Gasteiger partial charge in [0, 0.05) is 0 Å². The summed E-state index contributed by atoms with van der Waals surface area (Å²) >= 11 is 0. The van der Waals surface area contributed by atoms with Crippen molar-refractivity contribution in [2.45, 2.75) is 11.5 Å². The monoisotopic (exact) mass is 135 g/mol. The summed E-state index contributed by atoms with van der Waals surface area (Å²) in [5.74, 6) is -2.52. The van der Waals surface area contributed by atoms with E-state index >= 15 is 0 Å². The van der Waals surface area contributed by atoms with Crippen molar-refractivity contribution in [1.29, 1.82) is 0 Å². The van der Waals surface area contributed by atoms with E-state index in [1.54, 1.807) is 0 Å². The molecule has 2 nitrogen and oxygen atoms in total. The number of hydrogen-bond donors (Lipinski definition) is 1. The van der Waals surface area contributed by atoms with Gasteiger partial charge < -0.3 is 4.74 Å². The van der Waals surface area contributed by atoms with Crippen LogP contribution in [-0.2, 0) is 4.74 Å². The summed E-state index contributed by atoms with van der Waals surface area (Å²) in [5, 5.41) is 2.67. The van der Waals surface area contributed by atoms with Crippen LogP contribution in [0.1, 0.15) is 0 Å². The van der Waals surface area contributed by atoms with E-state index in [9.17, 15) is 8.78 Å². The van der Waals surface area contributed by atoms with Crippen LogP contribution in [0.15, 0.2) is 0 Å². The van der Waals surface area contributed by atoms with E-state index in [-0.39, 0.29) is 19.8 Å². The molecular weight excluding hydrogens is 128 g/mol. The van der Waals surface area contributed by atoms with Crippen molar-refractivity contribution in [3.05, 3.63) is 0 Å². The van der Waals surface area contributed by atoms with Gasteiger partial charge in [0.05, 0.1) is 19.8 Å². The first-order valence-electron chi connectivity index (χ1n) is 2.87. The van der Waals surface area contributed by atoms with Gasteiger partial charge in [0.25, 0.3) is 5.92 Å². The Labute approximate surface area is 51.2 Å². The van der Waals surface area contributed by atoms with Gasteiger partial charge in [0.2, 0.25) is 0 Å². The van der Waals surface area contributed by atoms with Gasteiger partial charge in [-0.2, -0.15) is 0 Å². The lowest BCUT2D eigenvalue weighted by Crippen LogP contribution is -2.82. The third-order valence-corrected chi connectivity index (χ3v) is 2.05. The van der Waals surface area contributed by atoms with Crippen molar-refractivity contribution in [2.75, 3.05) is 19.8 Å². The molecule has 2 rings (SSSR count). The molecule has 2 saturated heterocycles. The maximum Gasteiger partial charge on any atom is 0.282 e. The molecule has 0 bridgehead atoms. The van der Waals surface area contributed by atoms with E-state index in [4.69, 9.17) is 0 Å². The van der Waals surface area contributed by atoms with Crippen LogP contribution in [0.5, 0.6) is 0 Å². The van der Waals surface area contributed by atoms with Gasteiger partial charge in [0.1, 0.15) is 5.54 Å². The molecular formula is C5H7F2NO. The van der Waals surface area contributed by atoms with Crippen LogP contribution < -0.4 is 5.32 Å². The lowest BCUT2D eigenvalue weighted by Gasteiger charge is -2.54. The number of halogens is 2. The number of rotatable bonds is 0. The van der Waals surface area contributed by atoms with Crippen molar-refractivity contribution >= 4 is 0 Å². The molecule has 0 radical (unpaired) electrons. The summed E-state index contributed by atoms with van der Waals surface area (Å²) in [6, 6.07) is 0. The molecule has 2 fully saturated rings. The molecule has 1 spiro atoms. The van der Waals surface area contributed by atoms with Crippen LogP contribution in [0.25, 0.3) is 0 Å². The van der Waals surface area contributed by atoms with Crippen molar-refractivity contribution in [3.63, 3.8) is 0 Å². The molecule has 0 aromatic heterocycles. The smallest absolute Gasteiger partial charge is 0.282 e. The Hall–Kier alpha value is -0.220. The molecule has 1 N–H and O–H groups in total. The summed E-state index contributed by atoms with van der Waals surface area (Å²) in [6.45, 7) is 0.149. The molecule has 0 saturated carbocycles. The topological polar surface area (TPSA) is 21.3 Å². The number of alkyl halides is 2. The second-order valence-electron chi connectivity index (χ2n) is 2.63. The van der Waals surface area contributed by atoms with Gasteiger partial charge in [0.15, 0.2) is 0 Å². The van der Waals surface area contributed by atoms with Gasteiger partial charge in [-0.3, -0.25) is 5.32 Å². The maximum atomic E-state index is 12.5. The Bertz CT molecular complexity index is 138. The minimum absolute atomic E-state index is 0.167. The average Bonchev–Trinajstić information content (AvgIpc) is 1.59. The lowest BCUT2D eigenvalue weighted by molar-refractivity contribution is -0.253. The van der Waals surface area contributed by atoms with Gasteiger partial charge in [-0.15, -0.1) is 0 Å². The molecule has 2 aliphatic heterocycles. The zero-order valence-corrected chi connectivity index (χ0v) is 4.79. The Balaban J connectivity index is 2.13. The first-order valence-corrected chi connectivity index (χ1v) is 2.87. The third-order valence-electron chi connectivity index (χ3n) is 2.05. The lowest BCUT2D eigenvalue weighted by atomic mass is 9.82. The van der Waals surface area contributed by atoms with Crippen molar-refractivity contribution < 1.29 is 13.5 Å². The average molecular weight is 135 g/mol. The molecule has 0 amide bonds. The second-order valence-corrected chi connectivity index (χ2v) is 2.63. The molecule has 52 valence electrons. The van der Waals surface area contributed by atoms with Crippen LogP contribution in [-0.4, -0.2) is 31.2 Å². The third kappa shape index (κ3) is 0.460. The van der Waals surface area contributed by atoms with Gasteiger partial charge in [-0.05, 0) is 0 Å². The predicted octanol–water partition coefficient (Wildman–Crippen LogP) is -0.00610. The number of ether oxygens (including phenoxy) is 1. The fourth-order valence-corrected chi connectivity index (χ4v) is 1.09. The molecule has 4 heteroatoms. The summed E-state index contributed by atoms with van der Waals surface area (Å²) in [6.07, 6.45) is 0. The number of hydrogen-bond acceptors (Lipinski definition) is 2. The second kappa shape index (κ2) is 1.27. The van der Waals surface area contributed by atoms with Gasteiger partial charge in [-0.25, -0.2) is 8.78 Å². The highest BCUT2D eigenvalue weighted by molar-refractivity contribution is 5.14. The first-order chi connectivity index (χ1) is 4.16. The fraction of sp³-hybridized carbons (Fsp3) is 1.00. The highest BCUT2D eigenvalue weighted by Gasteiger charge is 2.65. The first kappa shape index (κ1) is 5.56. The van der Waals surface area contributed by atoms with Crippen LogP contribution in [0.2, 0.25) is 0 Å².